The first kappa shape index (κ1) is 20.6. The number of nitrogens with zero attached hydrogens (tertiary/aromatic N) is 2. The molecule has 2 aliphatic rings. The second-order valence-corrected chi connectivity index (χ2v) is 8.37. The highest BCUT2D eigenvalue weighted by molar-refractivity contribution is 6.30. The summed E-state index contributed by atoms with van der Waals surface area (Å²) in [6.45, 7) is 0.666. The first-order valence-corrected chi connectivity index (χ1v) is 10.5. The zero-order valence-corrected chi connectivity index (χ0v) is 17.3. The second kappa shape index (κ2) is 9.02. The highest BCUT2D eigenvalue weighted by Crippen LogP contribution is 2.37. The van der Waals surface area contributed by atoms with Crippen molar-refractivity contribution >= 4 is 23.2 Å². The Kier molecular flexibility index (Phi) is 6.20. The van der Waals surface area contributed by atoms with Crippen LogP contribution in [0.4, 0.5) is 5.69 Å². The van der Waals surface area contributed by atoms with Gasteiger partial charge in [-0.05, 0) is 49.4 Å². The minimum Gasteiger partial charge on any atom is -0.477 e. The summed E-state index contributed by atoms with van der Waals surface area (Å²) < 4.78 is 5.41. The maximum Gasteiger partial charge on any atom is 0.310 e. The van der Waals surface area contributed by atoms with Crippen molar-refractivity contribution in [3.05, 3.63) is 69.2 Å². The summed E-state index contributed by atoms with van der Waals surface area (Å²) in [5, 5.41) is 14.8. The fourth-order valence-corrected chi connectivity index (χ4v) is 4.72. The van der Waals surface area contributed by atoms with Crippen LogP contribution in [0.2, 0.25) is 5.02 Å². The first-order valence-electron chi connectivity index (χ1n) is 10.2. The van der Waals surface area contributed by atoms with Gasteiger partial charge < -0.3 is 10.1 Å². The molecule has 2 heterocycles. The molecule has 0 radical (unpaired) electrons. The summed E-state index contributed by atoms with van der Waals surface area (Å²) >= 11 is 5.98. The van der Waals surface area contributed by atoms with E-state index in [1.165, 1.54) is 17.7 Å². The fraction of sp³-hybridized carbons (Fsp3) is 0.409. The maximum atomic E-state index is 12.4. The van der Waals surface area contributed by atoms with E-state index in [0.717, 1.165) is 37.3 Å². The molecule has 30 heavy (non-hydrogen) atoms. The van der Waals surface area contributed by atoms with Gasteiger partial charge in [0.25, 0.3) is 5.91 Å². The minimum absolute atomic E-state index is 0.103. The van der Waals surface area contributed by atoms with Crippen LogP contribution in [0, 0.1) is 10.1 Å². The Morgan fingerprint density at radius 3 is 2.47 bits per heavy atom. The monoisotopic (exact) mass is 429 g/mol. The van der Waals surface area contributed by atoms with Crippen molar-refractivity contribution in [2.45, 2.75) is 50.4 Å². The van der Waals surface area contributed by atoms with Gasteiger partial charge >= 0.3 is 5.69 Å². The molecule has 2 aromatic rings. The number of piperidine rings is 1. The number of amides is 1. The van der Waals surface area contributed by atoms with Crippen LogP contribution in [0.15, 0.2) is 48.5 Å². The summed E-state index contributed by atoms with van der Waals surface area (Å²) in [5.74, 6) is -0.140. The number of hydrogen-bond acceptors (Lipinski definition) is 5. The lowest BCUT2D eigenvalue weighted by Gasteiger charge is -2.39. The number of halogens is 1. The van der Waals surface area contributed by atoms with Crippen LogP contribution in [-0.2, 0) is 11.3 Å². The summed E-state index contributed by atoms with van der Waals surface area (Å²) in [4.78, 5) is 25.5. The highest BCUT2D eigenvalue weighted by Gasteiger charge is 2.40. The fourth-order valence-electron chi connectivity index (χ4n) is 4.59. The number of carbonyl (C=O) groups excluding carboxylic acids is 1. The summed E-state index contributed by atoms with van der Waals surface area (Å²) in [7, 11) is 0. The standard InChI is InChI=1S/C22H24ClN3O4/c23-16-7-5-15(6-8-16)13-25-18-9-10-19(25)12-17(11-18)24-22(27)14-30-21-4-2-1-3-20(21)26(28)29/h1-8,17-19H,9-14H2,(H,24,27)/t17-,18+,19-. The number of para-hydroxylation sites is 2. The number of carbonyl (C=O) groups is 1. The molecule has 2 bridgehead atoms. The van der Waals surface area contributed by atoms with E-state index in [4.69, 9.17) is 16.3 Å². The number of benzene rings is 2. The highest BCUT2D eigenvalue weighted by atomic mass is 35.5. The summed E-state index contributed by atoms with van der Waals surface area (Å²) in [6.07, 6.45) is 4.08. The van der Waals surface area contributed by atoms with E-state index in [2.05, 4.69) is 22.3 Å². The van der Waals surface area contributed by atoms with Crippen LogP contribution in [-0.4, -0.2) is 40.5 Å². The Labute approximate surface area is 180 Å². The van der Waals surface area contributed by atoms with E-state index in [0.29, 0.717) is 12.1 Å². The molecule has 8 heteroatoms. The molecule has 0 aliphatic carbocycles. The number of rotatable bonds is 7. The zero-order chi connectivity index (χ0) is 21.1. The number of fused-ring (bicyclic) bond motifs is 2. The molecule has 2 aromatic carbocycles. The maximum absolute atomic E-state index is 12.4. The van der Waals surface area contributed by atoms with Crippen LogP contribution in [0.5, 0.6) is 5.75 Å². The lowest BCUT2D eigenvalue weighted by molar-refractivity contribution is -0.385. The number of hydrogen-bond donors (Lipinski definition) is 1. The molecule has 3 atom stereocenters. The van der Waals surface area contributed by atoms with Crippen LogP contribution >= 0.6 is 11.6 Å². The molecule has 7 nitrogen and oxygen atoms in total. The largest absolute Gasteiger partial charge is 0.477 e. The van der Waals surface area contributed by atoms with Gasteiger partial charge in [0.1, 0.15) is 0 Å². The van der Waals surface area contributed by atoms with Crippen LogP contribution in [0.1, 0.15) is 31.2 Å². The van der Waals surface area contributed by atoms with Crippen LogP contribution in [0.3, 0.4) is 0 Å². The van der Waals surface area contributed by atoms with Crippen molar-refractivity contribution in [2.24, 2.45) is 0 Å². The van der Waals surface area contributed by atoms with Gasteiger partial charge in [0.2, 0.25) is 0 Å². The number of ether oxygens (including phenoxy) is 1. The molecule has 1 amide bonds. The van der Waals surface area contributed by atoms with E-state index in [-0.39, 0.29) is 30.0 Å². The Hall–Kier alpha value is -2.64. The van der Waals surface area contributed by atoms with Gasteiger partial charge in [-0.25, -0.2) is 0 Å². The van der Waals surface area contributed by atoms with Gasteiger partial charge in [-0.1, -0.05) is 35.9 Å². The smallest absolute Gasteiger partial charge is 0.310 e. The van der Waals surface area contributed by atoms with Gasteiger partial charge in [0.15, 0.2) is 12.4 Å². The molecule has 4 rings (SSSR count). The Morgan fingerprint density at radius 2 is 1.80 bits per heavy atom. The quantitative estimate of drug-likeness (QED) is 0.532. The van der Waals surface area contributed by atoms with Crippen LogP contribution in [0.25, 0.3) is 0 Å². The number of nitro benzene ring substituents is 1. The molecular formula is C22H24ClN3O4. The molecule has 0 aromatic heterocycles. The number of nitrogens with one attached hydrogen (secondary N) is 1. The summed E-state index contributed by atoms with van der Waals surface area (Å²) in [6, 6.07) is 15.0. The second-order valence-electron chi connectivity index (χ2n) is 7.93. The third kappa shape index (κ3) is 4.74. The van der Waals surface area contributed by atoms with Gasteiger partial charge in [0.05, 0.1) is 4.92 Å². The van der Waals surface area contributed by atoms with E-state index in [1.807, 2.05) is 12.1 Å². The van der Waals surface area contributed by atoms with Crippen molar-refractivity contribution in [1.82, 2.24) is 10.2 Å². The van der Waals surface area contributed by atoms with Crippen molar-refractivity contribution in [3.8, 4) is 5.75 Å². The number of nitro groups is 1. The molecule has 2 aliphatic heterocycles. The molecular weight excluding hydrogens is 406 g/mol. The predicted octanol–water partition coefficient (Wildman–Crippen LogP) is 3.94. The van der Waals surface area contributed by atoms with Crippen molar-refractivity contribution < 1.29 is 14.5 Å². The first-order chi connectivity index (χ1) is 14.5. The average molecular weight is 430 g/mol. The van der Waals surface area contributed by atoms with E-state index >= 15 is 0 Å². The van der Waals surface area contributed by atoms with E-state index in [1.54, 1.807) is 12.1 Å². The minimum atomic E-state index is -0.513. The normalized spacial score (nSPS) is 23.2. The van der Waals surface area contributed by atoms with Gasteiger partial charge in [-0.3, -0.25) is 19.8 Å². The molecule has 2 saturated heterocycles. The zero-order valence-electron chi connectivity index (χ0n) is 16.5. The topological polar surface area (TPSA) is 84.7 Å². The molecule has 158 valence electrons. The van der Waals surface area contributed by atoms with Crippen molar-refractivity contribution in [1.29, 1.82) is 0 Å². The van der Waals surface area contributed by atoms with Gasteiger partial charge in [0, 0.05) is 35.8 Å². The SMILES string of the molecule is O=C(COc1ccccc1[N+](=O)[O-])N[C@H]1C[C@H]2CC[C@@H](C1)N2Cc1ccc(Cl)cc1. The summed E-state index contributed by atoms with van der Waals surface area (Å²) in [5.41, 5.74) is 1.11. The Balaban J connectivity index is 1.29. The van der Waals surface area contributed by atoms with Gasteiger partial charge in [-0.15, -0.1) is 0 Å². The third-order valence-electron chi connectivity index (χ3n) is 5.95. The predicted molar refractivity (Wildman–Crippen MR) is 114 cm³/mol. The van der Waals surface area contributed by atoms with E-state index < -0.39 is 4.92 Å². The molecule has 0 spiro atoms. The van der Waals surface area contributed by atoms with Crippen LogP contribution < -0.4 is 10.1 Å². The molecule has 0 unspecified atom stereocenters. The third-order valence-corrected chi connectivity index (χ3v) is 6.20. The Bertz CT molecular complexity index is 907. The molecule has 2 fully saturated rings. The van der Waals surface area contributed by atoms with Crippen molar-refractivity contribution in [2.75, 3.05) is 6.61 Å². The molecule has 0 saturated carbocycles. The Morgan fingerprint density at radius 1 is 1.13 bits per heavy atom. The average Bonchev–Trinajstić information content (AvgIpc) is 2.96. The van der Waals surface area contributed by atoms with Gasteiger partial charge in [-0.2, -0.15) is 0 Å². The van der Waals surface area contributed by atoms with Crippen molar-refractivity contribution in [3.63, 3.8) is 0 Å². The lowest BCUT2D eigenvalue weighted by Crippen LogP contribution is -2.50. The molecule has 1 N–H and O–H groups in total. The lowest BCUT2D eigenvalue weighted by atomic mass is 9.96. The van der Waals surface area contributed by atoms with E-state index in [9.17, 15) is 14.9 Å².